The minimum absolute atomic E-state index is 0.109. The number of methoxy groups -OCH3 is 1. The van der Waals surface area contributed by atoms with Gasteiger partial charge in [-0.05, 0) is 25.5 Å². The molecular weight excluding hydrogens is 312 g/mol. The van der Waals surface area contributed by atoms with Crippen molar-refractivity contribution < 1.29 is 9.53 Å². The number of carbonyl (C=O) groups is 1. The number of ether oxygens (including phenoxy) is 1. The maximum absolute atomic E-state index is 12.7. The highest BCUT2D eigenvalue weighted by molar-refractivity contribution is 8.00. The maximum atomic E-state index is 12.7. The van der Waals surface area contributed by atoms with Crippen LogP contribution >= 0.6 is 11.8 Å². The lowest BCUT2D eigenvalue weighted by Crippen LogP contribution is -2.28. The molecule has 1 saturated heterocycles. The standard InChI is InChI=1S/C16H20N4O2S/c1-12-3-5-13(6-4-12)20-8-7-14(15(20)21)23-16-18-17-11-19(16)9-10-22-2/h3-6,11,14H,7-10H2,1-2H3/t14-/m0/s1. The van der Waals surface area contributed by atoms with Crippen molar-refractivity contribution in [2.24, 2.45) is 0 Å². The topological polar surface area (TPSA) is 60.2 Å². The van der Waals surface area contributed by atoms with E-state index in [1.54, 1.807) is 13.4 Å². The number of anilines is 1. The van der Waals surface area contributed by atoms with Crippen LogP contribution in [0.4, 0.5) is 5.69 Å². The van der Waals surface area contributed by atoms with Crippen LogP contribution in [0.1, 0.15) is 12.0 Å². The second-order valence-electron chi connectivity index (χ2n) is 5.52. The van der Waals surface area contributed by atoms with Gasteiger partial charge in [-0.1, -0.05) is 29.5 Å². The number of thioether (sulfide) groups is 1. The number of rotatable bonds is 6. The Labute approximate surface area is 139 Å². The summed E-state index contributed by atoms with van der Waals surface area (Å²) >= 11 is 1.49. The van der Waals surface area contributed by atoms with Gasteiger partial charge in [0.1, 0.15) is 6.33 Å². The van der Waals surface area contributed by atoms with Gasteiger partial charge in [0.05, 0.1) is 11.9 Å². The number of amides is 1. The molecular formula is C16H20N4O2S. The van der Waals surface area contributed by atoms with Gasteiger partial charge < -0.3 is 14.2 Å². The molecule has 0 unspecified atom stereocenters. The van der Waals surface area contributed by atoms with E-state index >= 15 is 0 Å². The molecule has 1 aromatic heterocycles. The van der Waals surface area contributed by atoms with Gasteiger partial charge in [-0.2, -0.15) is 0 Å². The Morgan fingerprint density at radius 3 is 2.87 bits per heavy atom. The Balaban J connectivity index is 1.67. The van der Waals surface area contributed by atoms with Crippen molar-refractivity contribution in [1.82, 2.24) is 14.8 Å². The highest BCUT2D eigenvalue weighted by atomic mass is 32.2. The molecule has 0 radical (unpaired) electrons. The fourth-order valence-electron chi connectivity index (χ4n) is 2.55. The van der Waals surface area contributed by atoms with Crippen molar-refractivity contribution in [3.05, 3.63) is 36.2 Å². The number of hydrogen-bond donors (Lipinski definition) is 0. The van der Waals surface area contributed by atoms with Crippen LogP contribution in [-0.2, 0) is 16.1 Å². The predicted molar refractivity (Wildman–Crippen MR) is 89.7 cm³/mol. The summed E-state index contributed by atoms with van der Waals surface area (Å²) in [6.45, 7) is 4.07. The number of aromatic nitrogens is 3. The highest BCUT2D eigenvalue weighted by Gasteiger charge is 2.34. The molecule has 1 aromatic carbocycles. The minimum atomic E-state index is -0.109. The van der Waals surface area contributed by atoms with E-state index in [-0.39, 0.29) is 11.2 Å². The number of nitrogens with zero attached hydrogens (tertiary/aromatic N) is 4. The molecule has 0 bridgehead atoms. The lowest BCUT2D eigenvalue weighted by atomic mass is 10.2. The van der Waals surface area contributed by atoms with E-state index in [1.165, 1.54) is 17.3 Å². The van der Waals surface area contributed by atoms with E-state index < -0.39 is 0 Å². The van der Waals surface area contributed by atoms with Crippen LogP contribution in [0.5, 0.6) is 0 Å². The molecule has 0 aliphatic carbocycles. The van der Waals surface area contributed by atoms with Gasteiger partial charge in [0.25, 0.3) is 0 Å². The van der Waals surface area contributed by atoms with Crippen molar-refractivity contribution >= 4 is 23.4 Å². The Bertz CT molecular complexity index is 671. The molecule has 1 aliphatic rings. The van der Waals surface area contributed by atoms with Crippen molar-refractivity contribution in [2.45, 2.75) is 30.3 Å². The quantitative estimate of drug-likeness (QED) is 0.811. The fourth-order valence-corrected chi connectivity index (χ4v) is 3.62. The molecule has 0 N–H and O–H groups in total. The summed E-state index contributed by atoms with van der Waals surface area (Å²) in [6, 6.07) is 8.07. The molecule has 1 amide bonds. The first kappa shape index (κ1) is 16.0. The van der Waals surface area contributed by atoms with E-state index in [0.29, 0.717) is 13.2 Å². The number of hydrogen-bond acceptors (Lipinski definition) is 5. The number of benzene rings is 1. The molecule has 1 aliphatic heterocycles. The van der Waals surface area contributed by atoms with Crippen LogP contribution in [0.3, 0.4) is 0 Å². The summed E-state index contributed by atoms with van der Waals surface area (Å²) in [5.74, 6) is 0.139. The summed E-state index contributed by atoms with van der Waals surface area (Å²) in [5.41, 5.74) is 2.15. The summed E-state index contributed by atoms with van der Waals surface area (Å²) < 4.78 is 7.01. The molecule has 3 rings (SSSR count). The largest absolute Gasteiger partial charge is 0.383 e. The van der Waals surface area contributed by atoms with E-state index in [0.717, 1.165) is 23.8 Å². The molecule has 2 heterocycles. The fraction of sp³-hybridized carbons (Fsp3) is 0.438. The molecule has 1 fully saturated rings. The first-order valence-corrected chi connectivity index (χ1v) is 8.48. The normalized spacial score (nSPS) is 17.9. The van der Waals surface area contributed by atoms with Crippen molar-refractivity contribution in [3.63, 3.8) is 0 Å². The lowest BCUT2D eigenvalue weighted by Gasteiger charge is -2.17. The summed E-state index contributed by atoms with van der Waals surface area (Å²) in [5, 5.41) is 8.73. The molecule has 1 atom stereocenters. The number of aryl methyl sites for hydroxylation is 1. The van der Waals surface area contributed by atoms with E-state index in [1.807, 2.05) is 40.7 Å². The van der Waals surface area contributed by atoms with Crippen LogP contribution in [0.15, 0.2) is 35.7 Å². The lowest BCUT2D eigenvalue weighted by molar-refractivity contribution is -0.116. The van der Waals surface area contributed by atoms with Crippen molar-refractivity contribution in [2.75, 3.05) is 25.2 Å². The first-order chi connectivity index (χ1) is 11.2. The predicted octanol–water partition coefficient (Wildman–Crippen LogP) is 2.13. The van der Waals surface area contributed by atoms with Gasteiger partial charge >= 0.3 is 0 Å². The van der Waals surface area contributed by atoms with Gasteiger partial charge in [-0.3, -0.25) is 4.79 Å². The van der Waals surface area contributed by atoms with Crippen LogP contribution in [-0.4, -0.2) is 46.2 Å². The molecule has 7 heteroatoms. The summed E-state index contributed by atoms with van der Waals surface area (Å²) in [4.78, 5) is 14.5. The van der Waals surface area contributed by atoms with Crippen LogP contribution in [0.2, 0.25) is 0 Å². The van der Waals surface area contributed by atoms with Gasteiger partial charge in [0.15, 0.2) is 5.16 Å². The summed E-state index contributed by atoms with van der Waals surface area (Å²) in [7, 11) is 1.66. The van der Waals surface area contributed by atoms with Gasteiger partial charge in [-0.15, -0.1) is 10.2 Å². The minimum Gasteiger partial charge on any atom is -0.383 e. The monoisotopic (exact) mass is 332 g/mol. The third kappa shape index (κ3) is 3.56. The SMILES string of the molecule is COCCn1cnnc1S[C@H]1CCN(c2ccc(C)cc2)C1=O. The van der Waals surface area contributed by atoms with E-state index in [4.69, 9.17) is 4.74 Å². The third-order valence-corrected chi connectivity index (χ3v) is 5.11. The molecule has 2 aromatic rings. The maximum Gasteiger partial charge on any atom is 0.240 e. The van der Waals surface area contributed by atoms with Crippen molar-refractivity contribution in [3.8, 4) is 0 Å². The van der Waals surface area contributed by atoms with Crippen LogP contribution < -0.4 is 4.90 Å². The van der Waals surface area contributed by atoms with Gasteiger partial charge in [0.2, 0.25) is 5.91 Å². The van der Waals surface area contributed by atoms with Crippen LogP contribution in [0, 0.1) is 6.92 Å². The zero-order chi connectivity index (χ0) is 16.2. The van der Waals surface area contributed by atoms with Crippen molar-refractivity contribution in [1.29, 1.82) is 0 Å². The first-order valence-electron chi connectivity index (χ1n) is 7.60. The molecule has 23 heavy (non-hydrogen) atoms. The second-order valence-corrected chi connectivity index (χ2v) is 6.69. The van der Waals surface area contributed by atoms with E-state index in [2.05, 4.69) is 10.2 Å². The summed E-state index contributed by atoms with van der Waals surface area (Å²) in [6.07, 6.45) is 2.49. The Morgan fingerprint density at radius 1 is 1.35 bits per heavy atom. The second kappa shape index (κ2) is 7.14. The van der Waals surface area contributed by atoms with Gasteiger partial charge in [0, 0.05) is 25.9 Å². The average Bonchev–Trinajstić information content (AvgIpc) is 3.14. The third-order valence-electron chi connectivity index (χ3n) is 3.87. The Hall–Kier alpha value is -1.86. The smallest absolute Gasteiger partial charge is 0.240 e. The van der Waals surface area contributed by atoms with Crippen LogP contribution in [0.25, 0.3) is 0 Å². The zero-order valence-corrected chi connectivity index (χ0v) is 14.1. The molecule has 0 saturated carbocycles. The zero-order valence-electron chi connectivity index (χ0n) is 13.3. The Kier molecular flexibility index (Phi) is 4.97. The number of carbonyl (C=O) groups excluding carboxylic acids is 1. The molecule has 122 valence electrons. The average molecular weight is 332 g/mol. The molecule has 6 nitrogen and oxygen atoms in total. The molecule has 0 spiro atoms. The Morgan fingerprint density at radius 2 is 2.13 bits per heavy atom. The van der Waals surface area contributed by atoms with Gasteiger partial charge in [-0.25, -0.2) is 0 Å². The highest BCUT2D eigenvalue weighted by Crippen LogP contribution is 2.32. The van der Waals surface area contributed by atoms with E-state index in [9.17, 15) is 4.79 Å².